The van der Waals surface area contributed by atoms with Gasteiger partial charge in [-0.25, -0.2) is 4.79 Å². The van der Waals surface area contributed by atoms with E-state index in [0.29, 0.717) is 0 Å². The number of hydrogen-bond donors (Lipinski definition) is 2. The third-order valence-corrected chi connectivity index (χ3v) is 3.51. The van der Waals surface area contributed by atoms with E-state index in [9.17, 15) is 9.59 Å². The number of aryl methyl sites for hydroxylation is 1. The van der Waals surface area contributed by atoms with Crippen LogP contribution < -0.4 is 10.6 Å². The van der Waals surface area contributed by atoms with Crippen LogP contribution in [0.2, 0.25) is 0 Å². The summed E-state index contributed by atoms with van der Waals surface area (Å²) in [5, 5.41) is 5.53. The molecule has 0 saturated carbocycles. The van der Waals surface area contributed by atoms with Crippen LogP contribution in [0, 0.1) is 0 Å². The minimum absolute atomic E-state index is 0.0527. The maximum atomic E-state index is 11.9. The molecule has 1 unspecified atom stereocenters. The van der Waals surface area contributed by atoms with Crippen LogP contribution in [-0.4, -0.2) is 25.7 Å². The lowest BCUT2D eigenvalue weighted by atomic mass is 9.88. The summed E-state index contributed by atoms with van der Waals surface area (Å²) < 4.78 is 4.45. The Bertz CT molecular complexity index is 488. The minimum Gasteiger partial charge on any atom is -0.453 e. The second-order valence-corrected chi connectivity index (χ2v) is 4.88. The molecule has 0 bridgehead atoms. The van der Waals surface area contributed by atoms with Crippen LogP contribution in [0.3, 0.4) is 0 Å². The number of fused-ring (bicyclic) bond motifs is 1. The summed E-state index contributed by atoms with van der Waals surface area (Å²) in [6.45, 7) is 0.285. The topological polar surface area (TPSA) is 67.4 Å². The molecule has 1 aliphatic carbocycles. The van der Waals surface area contributed by atoms with Crippen molar-refractivity contribution in [2.45, 2.75) is 31.7 Å². The molecule has 5 heteroatoms. The lowest BCUT2D eigenvalue weighted by Crippen LogP contribution is -2.34. The van der Waals surface area contributed by atoms with Gasteiger partial charge in [-0.15, -0.1) is 0 Å². The predicted octanol–water partition coefficient (Wildman–Crippen LogP) is 1.93. The fourth-order valence-electron chi connectivity index (χ4n) is 2.52. The molecule has 2 rings (SSSR count). The summed E-state index contributed by atoms with van der Waals surface area (Å²) in [6, 6.07) is 8.31. The summed E-state index contributed by atoms with van der Waals surface area (Å²) >= 11 is 0. The van der Waals surface area contributed by atoms with Gasteiger partial charge in [0.2, 0.25) is 5.91 Å². The average molecular weight is 276 g/mol. The van der Waals surface area contributed by atoms with E-state index >= 15 is 0 Å². The van der Waals surface area contributed by atoms with Gasteiger partial charge in [-0.05, 0) is 30.4 Å². The van der Waals surface area contributed by atoms with Crippen LogP contribution in [0.15, 0.2) is 24.3 Å². The molecular weight excluding hydrogens is 256 g/mol. The van der Waals surface area contributed by atoms with Gasteiger partial charge in [-0.2, -0.15) is 0 Å². The Balaban J connectivity index is 1.85. The van der Waals surface area contributed by atoms with Crippen molar-refractivity contribution < 1.29 is 14.3 Å². The molecule has 1 aliphatic rings. The zero-order valence-electron chi connectivity index (χ0n) is 11.6. The number of hydrogen-bond acceptors (Lipinski definition) is 3. The van der Waals surface area contributed by atoms with Crippen LogP contribution in [-0.2, 0) is 16.0 Å². The van der Waals surface area contributed by atoms with Gasteiger partial charge < -0.3 is 15.4 Å². The standard InChI is InChI=1S/C15H20N2O3/c1-20-15(19)16-10-9-14(18)17-13-8-4-6-11-5-2-3-7-12(11)13/h2-3,5,7,13H,4,6,8-10H2,1H3,(H,16,19)(H,17,18). The second-order valence-electron chi connectivity index (χ2n) is 4.88. The molecule has 0 aliphatic heterocycles. The lowest BCUT2D eigenvalue weighted by Gasteiger charge is -2.26. The van der Waals surface area contributed by atoms with Crippen LogP contribution in [0.1, 0.15) is 36.4 Å². The van der Waals surface area contributed by atoms with Gasteiger partial charge in [0, 0.05) is 13.0 Å². The molecule has 1 aromatic rings. The molecule has 108 valence electrons. The van der Waals surface area contributed by atoms with E-state index in [1.165, 1.54) is 18.2 Å². The molecule has 0 fully saturated rings. The number of amides is 2. The highest BCUT2D eigenvalue weighted by molar-refractivity contribution is 5.77. The first-order valence-electron chi connectivity index (χ1n) is 6.89. The fourth-order valence-corrected chi connectivity index (χ4v) is 2.52. The van der Waals surface area contributed by atoms with Gasteiger partial charge in [0.25, 0.3) is 0 Å². The van der Waals surface area contributed by atoms with E-state index in [1.54, 1.807) is 0 Å². The SMILES string of the molecule is COC(=O)NCCC(=O)NC1CCCc2ccccc21. The van der Waals surface area contributed by atoms with E-state index < -0.39 is 6.09 Å². The van der Waals surface area contributed by atoms with Crippen molar-refractivity contribution in [3.63, 3.8) is 0 Å². The third-order valence-electron chi connectivity index (χ3n) is 3.51. The molecular formula is C15H20N2O3. The van der Waals surface area contributed by atoms with Gasteiger partial charge in [0.1, 0.15) is 0 Å². The summed E-state index contributed by atoms with van der Waals surface area (Å²) in [5.74, 6) is -0.0527. The number of rotatable bonds is 4. The highest BCUT2D eigenvalue weighted by atomic mass is 16.5. The van der Waals surface area contributed by atoms with Crippen molar-refractivity contribution in [1.29, 1.82) is 0 Å². The predicted molar refractivity (Wildman–Crippen MR) is 75.3 cm³/mol. The van der Waals surface area contributed by atoms with E-state index in [-0.39, 0.29) is 24.9 Å². The molecule has 1 aromatic carbocycles. The molecule has 0 spiro atoms. The molecule has 0 aromatic heterocycles. The van der Waals surface area contributed by atoms with E-state index in [2.05, 4.69) is 27.5 Å². The molecule has 0 saturated heterocycles. The first kappa shape index (κ1) is 14.4. The molecule has 20 heavy (non-hydrogen) atoms. The maximum Gasteiger partial charge on any atom is 0.406 e. The minimum atomic E-state index is -0.513. The normalized spacial score (nSPS) is 16.9. The van der Waals surface area contributed by atoms with Crippen LogP contribution >= 0.6 is 0 Å². The molecule has 0 radical (unpaired) electrons. The van der Waals surface area contributed by atoms with Crippen molar-refractivity contribution in [2.24, 2.45) is 0 Å². The molecule has 0 heterocycles. The summed E-state index contributed by atoms with van der Waals surface area (Å²) in [4.78, 5) is 22.8. The van der Waals surface area contributed by atoms with Gasteiger partial charge in [-0.1, -0.05) is 24.3 Å². The van der Waals surface area contributed by atoms with Crippen molar-refractivity contribution in [3.8, 4) is 0 Å². The summed E-state index contributed by atoms with van der Waals surface area (Å²) in [7, 11) is 1.30. The summed E-state index contributed by atoms with van der Waals surface area (Å²) in [5.41, 5.74) is 2.53. The molecule has 2 N–H and O–H groups in total. The maximum absolute atomic E-state index is 11.9. The summed E-state index contributed by atoms with van der Waals surface area (Å²) in [6.07, 6.45) is 2.87. The molecule has 1 atom stereocenters. The highest BCUT2D eigenvalue weighted by Gasteiger charge is 2.21. The second kappa shape index (κ2) is 6.93. The largest absolute Gasteiger partial charge is 0.453 e. The van der Waals surface area contributed by atoms with E-state index in [1.807, 2.05) is 12.1 Å². The number of alkyl carbamates (subject to hydrolysis) is 1. The first-order valence-corrected chi connectivity index (χ1v) is 6.89. The quantitative estimate of drug-likeness (QED) is 0.883. The van der Waals surface area contributed by atoms with Crippen LogP contribution in [0.5, 0.6) is 0 Å². The van der Waals surface area contributed by atoms with Gasteiger partial charge in [0.05, 0.1) is 13.2 Å². The van der Waals surface area contributed by atoms with Gasteiger partial charge >= 0.3 is 6.09 Å². The average Bonchev–Trinajstić information content (AvgIpc) is 2.47. The first-order chi connectivity index (χ1) is 9.70. The number of carbonyl (C=O) groups is 2. The van der Waals surface area contributed by atoms with E-state index in [0.717, 1.165) is 19.3 Å². The Morgan fingerprint density at radius 1 is 1.35 bits per heavy atom. The lowest BCUT2D eigenvalue weighted by molar-refractivity contribution is -0.121. The molecule has 5 nitrogen and oxygen atoms in total. The Morgan fingerprint density at radius 2 is 2.15 bits per heavy atom. The van der Waals surface area contributed by atoms with Crippen LogP contribution in [0.4, 0.5) is 4.79 Å². The van der Waals surface area contributed by atoms with Crippen molar-refractivity contribution in [2.75, 3.05) is 13.7 Å². The number of methoxy groups -OCH3 is 1. The third kappa shape index (κ3) is 3.73. The van der Waals surface area contributed by atoms with Gasteiger partial charge in [0.15, 0.2) is 0 Å². The zero-order valence-corrected chi connectivity index (χ0v) is 11.6. The van der Waals surface area contributed by atoms with Crippen molar-refractivity contribution in [3.05, 3.63) is 35.4 Å². The Hall–Kier alpha value is -2.04. The number of ether oxygens (including phenoxy) is 1. The number of benzene rings is 1. The fraction of sp³-hybridized carbons (Fsp3) is 0.467. The smallest absolute Gasteiger partial charge is 0.406 e. The Kier molecular flexibility index (Phi) is 4.98. The monoisotopic (exact) mass is 276 g/mol. The Morgan fingerprint density at radius 3 is 2.95 bits per heavy atom. The molecule has 2 amide bonds. The van der Waals surface area contributed by atoms with Crippen molar-refractivity contribution >= 4 is 12.0 Å². The number of carbonyl (C=O) groups excluding carboxylic acids is 2. The van der Waals surface area contributed by atoms with Crippen LogP contribution in [0.25, 0.3) is 0 Å². The highest BCUT2D eigenvalue weighted by Crippen LogP contribution is 2.29. The zero-order chi connectivity index (χ0) is 14.4. The van der Waals surface area contributed by atoms with Gasteiger partial charge in [-0.3, -0.25) is 4.79 Å². The Labute approximate surface area is 118 Å². The van der Waals surface area contributed by atoms with Crippen molar-refractivity contribution in [1.82, 2.24) is 10.6 Å². The van der Waals surface area contributed by atoms with E-state index in [4.69, 9.17) is 0 Å². The number of nitrogens with one attached hydrogen (secondary N) is 2.